The number of hydrogen-bond donors (Lipinski definition) is 1. The molecule has 1 heterocycles. The number of ether oxygens (including phenoxy) is 1. The number of methoxy groups -OCH3 is 1. The van der Waals surface area contributed by atoms with E-state index in [0.29, 0.717) is 25.9 Å². The molecule has 2 fully saturated rings. The second kappa shape index (κ2) is 7.20. The number of nitro groups is 1. The van der Waals surface area contributed by atoms with Crippen LogP contribution in [-0.2, 0) is 14.8 Å². The quantitative estimate of drug-likeness (QED) is 0.584. The maximum atomic E-state index is 12.7. The Morgan fingerprint density at radius 3 is 2.46 bits per heavy atom. The molecular weight excluding hydrogens is 362 g/mol. The molecule has 2 aliphatic rings. The molecule has 1 amide bonds. The number of sulfonamides is 1. The molecule has 0 aromatic heterocycles. The average Bonchev–Trinajstić information content (AvgIpc) is 3.46. The van der Waals surface area contributed by atoms with Gasteiger partial charge in [0, 0.05) is 37.2 Å². The highest BCUT2D eigenvalue weighted by Gasteiger charge is 2.36. The molecule has 142 valence electrons. The molecule has 0 bridgehead atoms. The van der Waals surface area contributed by atoms with Gasteiger partial charge in [0.25, 0.3) is 5.69 Å². The number of benzene rings is 1. The van der Waals surface area contributed by atoms with Crippen LogP contribution in [-0.4, -0.2) is 50.4 Å². The fraction of sp³-hybridized carbons (Fsp3) is 0.562. The highest BCUT2D eigenvalue weighted by molar-refractivity contribution is 7.89. The van der Waals surface area contributed by atoms with Gasteiger partial charge in [-0.15, -0.1) is 0 Å². The molecule has 0 radical (unpaired) electrons. The molecule has 1 saturated carbocycles. The van der Waals surface area contributed by atoms with Gasteiger partial charge in [0.2, 0.25) is 15.9 Å². The standard InChI is InChI=1S/C16H21N3O6S/c1-25-14-5-4-13(19(21)22)10-15(14)26(23,24)17-12-6-8-18(9-7-12)16(20)11-2-3-11/h4-5,10-12,17H,2-3,6-9H2,1H3. The van der Waals surface area contributed by atoms with Crippen LogP contribution in [0.2, 0.25) is 0 Å². The first kappa shape index (κ1) is 18.6. The van der Waals surface area contributed by atoms with Crippen molar-refractivity contribution in [3.63, 3.8) is 0 Å². The van der Waals surface area contributed by atoms with Gasteiger partial charge < -0.3 is 9.64 Å². The van der Waals surface area contributed by atoms with E-state index in [1.54, 1.807) is 4.90 Å². The molecular formula is C16H21N3O6S. The van der Waals surface area contributed by atoms with Gasteiger partial charge >= 0.3 is 0 Å². The highest BCUT2D eigenvalue weighted by atomic mass is 32.2. The van der Waals surface area contributed by atoms with Gasteiger partial charge in [-0.3, -0.25) is 14.9 Å². The van der Waals surface area contributed by atoms with Gasteiger partial charge in [-0.25, -0.2) is 13.1 Å². The molecule has 3 rings (SSSR count). The summed E-state index contributed by atoms with van der Waals surface area (Å²) in [6, 6.07) is 3.13. The summed E-state index contributed by atoms with van der Waals surface area (Å²) in [5.74, 6) is 0.355. The number of rotatable bonds is 6. The summed E-state index contributed by atoms with van der Waals surface area (Å²) in [5, 5.41) is 10.9. The van der Waals surface area contributed by atoms with Crippen molar-refractivity contribution in [3.8, 4) is 5.75 Å². The Morgan fingerprint density at radius 1 is 1.27 bits per heavy atom. The Labute approximate surface area is 151 Å². The topological polar surface area (TPSA) is 119 Å². The number of carbonyl (C=O) groups excluding carboxylic acids is 1. The number of non-ortho nitro benzene ring substituents is 1. The maximum Gasteiger partial charge on any atom is 0.271 e. The van der Waals surface area contributed by atoms with Crippen LogP contribution in [0.25, 0.3) is 0 Å². The average molecular weight is 383 g/mol. The molecule has 26 heavy (non-hydrogen) atoms. The molecule has 1 saturated heterocycles. The van der Waals surface area contributed by atoms with E-state index in [-0.39, 0.29) is 34.2 Å². The number of carbonyl (C=O) groups is 1. The maximum absolute atomic E-state index is 12.7. The summed E-state index contributed by atoms with van der Waals surface area (Å²) in [6.45, 7) is 1.02. The first-order chi connectivity index (χ1) is 12.3. The number of nitrogens with one attached hydrogen (secondary N) is 1. The molecule has 0 unspecified atom stereocenters. The highest BCUT2D eigenvalue weighted by Crippen LogP contribution is 2.32. The van der Waals surface area contributed by atoms with Gasteiger partial charge in [-0.2, -0.15) is 0 Å². The van der Waals surface area contributed by atoms with E-state index in [9.17, 15) is 23.3 Å². The Balaban J connectivity index is 1.70. The molecule has 1 aliphatic heterocycles. The summed E-state index contributed by atoms with van der Waals surface area (Å²) >= 11 is 0. The van der Waals surface area contributed by atoms with Crippen molar-refractivity contribution in [1.29, 1.82) is 0 Å². The van der Waals surface area contributed by atoms with Gasteiger partial charge in [0.15, 0.2) is 0 Å². The molecule has 0 atom stereocenters. The lowest BCUT2D eigenvalue weighted by Crippen LogP contribution is -2.46. The zero-order valence-corrected chi connectivity index (χ0v) is 15.2. The van der Waals surface area contributed by atoms with Crippen LogP contribution in [0.3, 0.4) is 0 Å². The van der Waals surface area contributed by atoms with Crippen molar-refractivity contribution in [1.82, 2.24) is 9.62 Å². The summed E-state index contributed by atoms with van der Waals surface area (Å²) < 4.78 is 33.0. The van der Waals surface area contributed by atoms with Crippen LogP contribution in [0.4, 0.5) is 5.69 Å². The van der Waals surface area contributed by atoms with Crippen LogP contribution >= 0.6 is 0 Å². The Kier molecular flexibility index (Phi) is 5.15. The monoisotopic (exact) mass is 383 g/mol. The van der Waals surface area contributed by atoms with Crippen molar-refractivity contribution in [2.75, 3.05) is 20.2 Å². The number of piperidine rings is 1. The van der Waals surface area contributed by atoms with E-state index < -0.39 is 14.9 Å². The number of likely N-dealkylation sites (tertiary alicyclic amines) is 1. The molecule has 0 spiro atoms. The minimum atomic E-state index is -3.98. The van der Waals surface area contributed by atoms with Crippen molar-refractivity contribution in [3.05, 3.63) is 28.3 Å². The van der Waals surface area contributed by atoms with Crippen molar-refractivity contribution in [2.45, 2.75) is 36.6 Å². The van der Waals surface area contributed by atoms with Crippen LogP contribution in [0.15, 0.2) is 23.1 Å². The van der Waals surface area contributed by atoms with E-state index in [0.717, 1.165) is 18.9 Å². The molecule has 10 heteroatoms. The Hall–Kier alpha value is -2.20. The summed E-state index contributed by atoms with van der Waals surface area (Å²) in [5.41, 5.74) is -0.323. The van der Waals surface area contributed by atoms with Crippen LogP contribution in [0, 0.1) is 16.0 Å². The predicted molar refractivity (Wildman–Crippen MR) is 92.3 cm³/mol. The van der Waals surface area contributed by atoms with E-state index in [4.69, 9.17) is 4.74 Å². The number of nitro benzene ring substituents is 1. The van der Waals surface area contributed by atoms with Crippen LogP contribution < -0.4 is 9.46 Å². The Morgan fingerprint density at radius 2 is 1.92 bits per heavy atom. The molecule has 1 aromatic carbocycles. The van der Waals surface area contributed by atoms with E-state index in [1.165, 1.54) is 19.2 Å². The van der Waals surface area contributed by atoms with Crippen molar-refractivity contribution in [2.24, 2.45) is 5.92 Å². The first-order valence-electron chi connectivity index (χ1n) is 8.45. The largest absolute Gasteiger partial charge is 0.495 e. The predicted octanol–water partition coefficient (Wildman–Crippen LogP) is 1.28. The fourth-order valence-electron chi connectivity index (χ4n) is 3.08. The van der Waals surface area contributed by atoms with Gasteiger partial charge in [0.05, 0.1) is 12.0 Å². The lowest BCUT2D eigenvalue weighted by molar-refractivity contribution is -0.385. The number of nitrogens with zero attached hydrogens (tertiary/aromatic N) is 2. The summed E-state index contributed by atoms with van der Waals surface area (Å²) in [7, 11) is -2.68. The van der Waals surface area contributed by atoms with Crippen LogP contribution in [0.5, 0.6) is 5.75 Å². The summed E-state index contributed by atoms with van der Waals surface area (Å²) in [4.78, 5) is 23.9. The minimum Gasteiger partial charge on any atom is -0.495 e. The molecule has 9 nitrogen and oxygen atoms in total. The van der Waals surface area contributed by atoms with E-state index in [1.807, 2.05) is 0 Å². The Bertz CT molecular complexity index is 813. The fourth-order valence-corrected chi connectivity index (χ4v) is 4.57. The van der Waals surface area contributed by atoms with Gasteiger partial charge in [-0.1, -0.05) is 0 Å². The summed E-state index contributed by atoms with van der Waals surface area (Å²) in [6.07, 6.45) is 2.90. The van der Waals surface area contributed by atoms with E-state index >= 15 is 0 Å². The smallest absolute Gasteiger partial charge is 0.271 e. The van der Waals surface area contributed by atoms with Crippen LogP contribution in [0.1, 0.15) is 25.7 Å². The third-order valence-corrected chi connectivity index (χ3v) is 6.24. The second-order valence-corrected chi connectivity index (χ2v) is 8.27. The molecule has 1 N–H and O–H groups in total. The zero-order chi connectivity index (χ0) is 18.9. The molecule has 1 aliphatic carbocycles. The molecule has 1 aromatic rings. The number of amides is 1. The third-order valence-electron chi connectivity index (χ3n) is 4.70. The minimum absolute atomic E-state index is 0.0458. The lowest BCUT2D eigenvalue weighted by Gasteiger charge is -2.32. The van der Waals surface area contributed by atoms with Crippen molar-refractivity contribution < 1.29 is 22.9 Å². The van der Waals surface area contributed by atoms with Gasteiger partial charge in [-0.05, 0) is 31.7 Å². The zero-order valence-electron chi connectivity index (χ0n) is 14.4. The van der Waals surface area contributed by atoms with Crippen molar-refractivity contribution >= 4 is 21.6 Å². The van der Waals surface area contributed by atoms with Gasteiger partial charge in [0.1, 0.15) is 10.6 Å². The normalized spacial score (nSPS) is 18.6. The second-order valence-electron chi connectivity index (χ2n) is 6.59. The first-order valence-corrected chi connectivity index (χ1v) is 9.93. The third kappa shape index (κ3) is 3.96. The SMILES string of the molecule is COc1ccc([N+](=O)[O-])cc1S(=O)(=O)NC1CCN(C(=O)C2CC2)CC1. The van der Waals surface area contributed by atoms with E-state index in [2.05, 4.69) is 4.72 Å². The lowest BCUT2D eigenvalue weighted by atomic mass is 10.1. The number of hydrogen-bond acceptors (Lipinski definition) is 6.